The SMILES string of the molecule is O=C(O)c1cccc2[nH]nc(C(=O)O)c12.[Zn]. The molecule has 6 nitrogen and oxygen atoms in total. The standard InChI is InChI=1S/C9H6N2O4.Zn/c12-8(13)4-2-1-3-5-6(4)7(9(14)15)11-10-5;/h1-3H,(H,10,11)(H,12,13)(H,14,15);. The maximum atomic E-state index is 10.9. The van der Waals surface area contributed by atoms with E-state index in [1.807, 2.05) is 0 Å². The Morgan fingerprint density at radius 3 is 2.44 bits per heavy atom. The van der Waals surface area contributed by atoms with Crippen molar-refractivity contribution in [1.29, 1.82) is 0 Å². The molecule has 7 heteroatoms. The molecule has 0 unspecified atom stereocenters. The molecule has 0 radical (unpaired) electrons. The predicted octanol–water partition coefficient (Wildman–Crippen LogP) is 0.957. The maximum Gasteiger partial charge on any atom is 0.357 e. The van der Waals surface area contributed by atoms with E-state index < -0.39 is 11.9 Å². The molecule has 0 aliphatic rings. The van der Waals surface area contributed by atoms with Crippen LogP contribution in [0.25, 0.3) is 10.9 Å². The first-order valence-corrected chi connectivity index (χ1v) is 4.05. The third kappa shape index (κ3) is 1.81. The Morgan fingerprint density at radius 1 is 1.19 bits per heavy atom. The largest absolute Gasteiger partial charge is 0.478 e. The van der Waals surface area contributed by atoms with E-state index in [-0.39, 0.29) is 36.1 Å². The molecule has 0 fully saturated rings. The second-order valence-corrected chi connectivity index (χ2v) is 2.91. The van der Waals surface area contributed by atoms with Crippen LogP contribution in [0, 0.1) is 0 Å². The quantitative estimate of drug-likeness (QED) is 0.706. The first-order chi connectivity index (χ1) is 7.11. The van der Waals surface area contributed by atoms with Crippen LogP contribution in [0.2, 0.25) is 0 Å². The van der Waals surface area contributed by atoms with Crippen LogP contribution in [0.4, 0.5) is 0 Å². The molecule has 1 aromatic heterocycles. The molecule has 2 rings (SSSR count). The van der Waals surface area contributed by atoms with Crippen molar-refractivity contribution in [2.45, 2.75) is 0 Å². The summed E-state index contributed by atoms with van der Waals surface area (Å²) in [5.74, 6) is -2.43. The fourth-order valence-electron chi connectivity index (χ4n) is 1.41. The molecule has 0 amide bonds. The van der Waals surface area contributed by atoms with E-state index in [0.29, 0.717) is 5.52 Å². The Balaban J connectivity index is 0.00000128. The molecule has 1 heterocycles. The number of nitrogens with one attached hydrogen (secondary N) is 1. The average molecular weight is 272 g/mol. The second-order valence-electron chi connectivity index (χ2n) is 2.91. The summed E-state index contributed by atoms with van der Waals surface area (Å²) in [5.41, 5.74) is 0.0500. The number of rotatable bonds is 2. The molecule has 0 aliphatic heterocycles. The Bertz CT molecular complexity index is 564. The smallest absolute Gasteiger partial charge is 0.357 e. The fraction of sp³-hybridized carbons (Fsp3) is 0. The average Bonchev–Trinajstić information content (AvgIpc) is 2.60. The van der Waals surface area contributed by atoms with E-state index in [0.717, 1.165) is 0 Å². The number of nitrogens with zero attached hydrogens (tertiary/aromatic N) is 1. The molecule has 1 aromatic carbocycles. The maximum absolute atomic E-state index is 10.9. The Labute approximate surface area is 102 Å². The normalized spacial score (nSPS) is 9.75. The van der Waals surface area contributed by atoms with Gasteiger partial charge < -0.3 is 10.2 Å². The van der Waals surface area contributed by atoms with E-state index in [1.165, 1.54) is 12.1 Å². The van der Waals surface area contributed by atoms with Crippen molar-refractivity contribution in [2.75, 3.05) is 0 Å². The molecule has 16 heavy (non-hydrogen) atoms. The van der Waals surface area contributed by atoms with Crippen molar-refractivity contribution in [1.82, 2.24) is 10.2 Å². The second kappa shape index (κ2) is 4.41. The van der Waals surface area contributed by atoms with E-state index in [4.69, 9.17) is 10.2 Å². The van der Waals surface area contributed by atoms with Crippen LogP contribution < -0.4 is 0 Å². The summed E-state index contributed by atoms with van der Waals surface area (Å²) in [6, 6.07) is 4.43. The van der Waals surface area contributed by atoms with E-state index in [2.05, 4.69) is 10.2 Å². The molecule has 0 bridgehead atoms. The number of benzene rings is 1. The third-order valence-corrected chi connectivity index (χ3v) is 2.02. The van der Waals surface area contributed by atoms with Crippen LogP contribution >= 0.6 is 0 Å². The number of aromatic nitrogens is 2. The van der Waals surface area contributed by atoms with Gasteiger partial charge >= 0.3 is 11.9 Å². The first-order valence-electron chi connectivity index (χ1n) is 4.05. The van der Waals surface area contributed by atoms with Gasteiger partial charge in [0, 0.05) is 24.9 Å². The summed E-state index contributed by atoms with van der Waals surface area (Å²) in [7, 11) is 0. The summed E-state index contributed by atoms with van der Waals surface area (Å²) in [6.45, 7) is 0. The van der Waals surface area contributed by atoms with Crippen LogP contribution in [0.15, 0.2) is 18.2 Å². The van der Waals surface area contributed by atoms with Gasteiger partial charge in [-0.3, -0.25) is 5.10 Å². The topological polar surface area (TPSA) is 103 Å². The molecule has 0 aliphatic carbocycles. The molecular formula is C9H6N2O4Zn. The molecule has 0 saturated carbocycles. The molecule has 3 N–H and O–H groups in total. The number of aromatic amines is 1. The van der Waals surface area contributed by atoms with Crippen LogP contribution in [0.5, 0.6) is 0 Å². The Kier molecular flexibility index (Phi) is 3.39. The third-order valence-electron chi connectivity index (χ3n) is 2.02. The molecule has 0 atom stereocenters. The van der Waals surface area contributed by atoms with Crippen LogP contribution in [-0.2, 0) is 19.5 Å². The summed E-state index contributed by atoms with van der Waals surface area (Å²) >= 11 is 0. The minimum Gasteiger partial charge on any atom is -0.478 e. The van der Waals surface area contributed by atoms with E-state index in [1.54, 1.807) is 6.07 Å². The summed E-state index contributed by atoms with van der Waals surface area (Å²) in [6.07, 6.45) is 0. The number of carbonyl (C=O) groups is 2. The van der Waals surface area contributed by atoms with Gasteiger partial charge in [-0.25, -0.2) is 9.59 Å². The summed E-state index contributed by atoms with van der Waals surface area (Å²) in [5, 5.41) is 23.8. The zero-order valence-corrected chi connectivity index (χ0v) is 11.1. The fourth-order valence-corrected chi connectivity index (χ4v) is 1.41. The number of fused-ring (bicyclic) bond motifs is 1. The van der Waals surface area contributed by atoms with Gasteiger partial charge in [-0.2, -0.15) is 5.10 Å². The van der Waals surface area contributed by atoms with Gasteiger partial charge in [-0.1, -0.05) is 6.07 Å². The molecular weight excluding hydrogens is 265 g/mol. The van der Waals surface area contributed by atoms with Crippen molar-refractivity contribution in [2.24, 2.45) is 0 Å². The van der Waals surface area contributed by atoms with Crippen molar-refractivity contribution in [3.8, 4) is 0 Å². The van der Waals surface area contributed by atoms with Crippen molar-refractivity contribution >= 4 is 22.8 Å². The summed E-state index contributed by atoms with van der Waals surface area (Å²) < 4.78 is 0. The van der Waals surface area contributed by atoms with Crippen LogP contribution in [0.3, 0.4) is 0 Å². The number of aromatic carboxylic acids is 2. The number of hydrogen-bond acceptors (Lipinski definition) is 3. The number of carboxylic acids is 2. The van der Waals surface area contributed by atoms with Crippen molar-refractivity contribution in [3.63, 3.8) is 0 Å². The number of hydrogen-bond donors (Lipinski definition) is 3. The minimum atomic E-state index is -1.25. The van der Waals surface area contributed by atoms with Gasteiger partial charge in [0.15, 0.2) is 5.69 Å². The van der Waals surface area contributed by atoms with E-state index in [9.17, 15) is 9.59 Å². The van der Waals surface area contributed by atoms with Crippen molar-refractivity contribution < 1.29 is 39.3 Å². The van der Waals surface area contributed by atoms with Crippen LogP contribution in [0.1, 0.15) is 20.8 Å². The zero-order valence-electron chi connectivity index (χ0n) is 8.10. The van der Waals surface area contributed by atoms with Gasteiger partial charge in [0.2, 0.25) is 0 Å². The molecule has 0 spiro atoms. The van der Waals surface area contributed by atoms with Gasteiger partial charge in [0.05, 0.1) is 11.1 Å². The number of carboxylic acid groups (broad SMARTS) is 2. The molecule has 78 valence electrons. The van der Waals surface area contributed by atoms with Gasteiger partial charge in [0.25, 0.3) is 0 Å². The Morgan fingerprint density at radius 2 is 1.88 bits per heavy atom. The monoisotopic (exact) mass is 270 g/mol. The van der Waals surface area contributed by atoms with Gasteiger partial charge in [0.1, 0.15) is 0 Å². The van der Waals surface area contributed by atoms with Crippen LogP contribution in [-0.4, -0.2) is 32.3 Å². The van der Waals surface area contributed by atoms with Gasteiger partial charge in [-0.15, -0.1) is 0 Å². The molecule has 2 aromatic rings. The zero-order chi connectivity index (χ0) is 11.0. The van der Waals surface area contributed by atoms with Gasteiger partial charge in [-0.05, 0) is 12.1 Å². The predicted molar refractivity (Wildman–Crippen MR) is 50.0 cm³/mol. The van der Waals surface area contributed by atoms with E-state index >= 15 is 0 Å². The summed E-state index contributed by atoms with van der Waals surface area (Å²) in [4.78, 5) is 21.6. The first kappa shape index (κ1) is 12.3. The van der Waals surface area contributed by atoms with Crippen molar-refractivity contribution in [3.05, 3.63) is 29.5 Å². The Hall–Kier alpha value is -1.75. The number of H-pyrrole nitrogens is 1. The molecule has 0 saturated heterocycles. The minimum absolute atomic E-state index is 0.